The van der Waals surface area contributed by atoms with Crippen molar-refractivity contribution < 1.29 is 8.42 Å². The van der Waals surface area contributed by atoms with Crippen LogP contribution in [0, 0.1) is 6.92 Å². The summed E-state index contributed by atoms with van der Waals surface area (Å²) in [5, 5.41) is 12.3. The van der Waals surface area contributed by atoms with Gasteiger partial charge in [0.05, 0.1) is 0 Å². The van der Waals surface area contributed by atoms with E-state index in [0.29, 0.717) is 5.82 Å². The number of sulfonamides is 1. The van der Waals surface area contributed by atoms with Gasteiger partial charge in [0.2, 0.25) is 0 Å². The molecule has 8 heteroatoms. The molecule has 18 heavy (non-hydrogen) atoms. The fraction of sp³-hybridized carbons (Fsp3) is 0.200. The first-order valence-corrected chi connectivity index (χ1v) is 7.33. The lowest BCUT2D eigenvalue weighted by Gasteiger charge is -2.04. The second kappa shape index (κ2) is 4.45. The van der Waals surface area contributed by atoms with Crippen molar-refractivity contribution in [2.45, 2.75) is 12.1 Å². The largest absolute Gasteiger partial charge is 0.300 e. The van der Waals surface area contributed by atoms with E-state index in [0.717, 1.165) is 15.6 Å². The van der Waals surface area contributed by atoms with Crippen molar-refractivity contribution in [1.82, 2.24) is 14.8 Å². The molecule has 0 amide bonds. The molecule has 0 unspecified atom stereocenters. The fourth-order valence-corrected chi connectivity index (χ4v) is 2.91. The molecular formula is C10H11BrN4O2S. The lowest BCUT2D eigenvalue weighted by Crippen LogP contribution is -2.17. The Morgan fingerprint density at radius 3 is 2.44 bits per heavy atom. The average Bonchev–Trinajstić information content (AvgIpc) is 2.57. The highest BCUT2D eigenvalue weighted by molar-refractivity contribution is 9.10. The minimum Gasteiger partial charge on any atom is -0.300 e. The third-order valence-electron chi connectivity index (χ3n) is 2.39. The van der Waals surface area contributed by atoms with Crippen LogP contribution in [-0.2, 0) is 17.1 Å². The Hall–Kier alpha value is -1.25. The summed E-state index contributed by atoms with van der Waals surface area (Å²) >= 11 is 3.38. The molecule has 0 atom stereocenters. The molecule has 0 bridgehead atoms. The van der Waals surface area contributed by atoms with Gasteiger partial charge in [-0.05, 0) is 30.7 Å². The zero-order chi connectivity index (χ0) is 13.5. The zero-order valence-corrected chi connectivity index (χ0v) is 12.2. The van der Waals surface area contributed by atoms with Gasteiger partial charge < -0.3 is 0 Å². The van der Waals surface area contributed by atoms with Gasteiger partial charge in [-0.2, -0.15) is 0 Å². The Balaban J connectivity index is 2.63. The van der Waals surface area contributed by atoms with Crippen LogP contribution in [-0.4, -0.2) is 23.2 Å². The molecule has 1 aromatic carbocycles. The summed E-state index contributed by atoms with van der Waals surface area (Å²) in [6.07, 6.45) is 0. The monoisotopic (exact) mass is 330 g/mol. The van der Waals surface area contributed by atoms with Gasteiger partial charge in [0.15, 0.2) is 5.82 Å². The van der Waals surface area contributed by atoms with Crippen LogP contribution in [0.15, 0.2) is 27.8 Å². The zero-order valence-electron chi connectivity index (χ0n) is 9.75. The number of hydrogen-bond donors (Lipinski definition) is 1. The van der Waals surface area contributed by atoms with Crippen LogP contribution >= 0.6 is 15.9 Å². The van der Waals surface area contributed by atoms with E-state index in [9.17, 15) is 8.42 Å². The predicted molar refractivity (Wildman–Crippen MR) is 70.2 cm³/mol. The molecule has 0 spiro atoms. The SMILES string of the molecule is Cc1cc(Br)cc(-c2nnc(S(N)(=O)=O)n2C)c1. The van der Waals surface area contributed by atoms with E-state index in [1.54, 1.807) is 7.05 Å². The van der Waals surface area contributed by atoms with E-state index in [1.807, 2.05) is 25.1 Å². The molecular weight excluding hydrogens is 320 g/mol. The quantitative estimate of drug-likeness (QED) is 0.895. The average molecular weight is 331 g/mol. The third kappa shape index (κ3) is 2.45. The minimum atomic E-state index is -3.86. The van der Waals surface area contributed by atoms with Gasteiger partial charge in [0.25, 0.3) is 15.2 Å². The van der Waals surface area contributed by atoms with Gasteiger partial charge in [-0.1, -0.05) is 15.9 Å². The van der Waals surface area contributed by atoms with Gasteiger partial charge in [0.1, 0.15) is 0 Å². The Kier molecular flexibility index (Phi) is 3.26. The summed E-state index contributed by atoms with van der Waals surface area (Å²) in [6.45, 7) is 1.94. The molecule has 0 fully saturated rings. The lowest BCUT2D eigenvalue weighted by atomic mass is 10.1. The van der Waals surface area contributed by atoms with Gasteiger partial charge in [-0.3, -0.25) is 4.57 Å². The smallest absolute Gasteiger partial charge is 0.273 e. The highest BCUT2D eigenvalue weighted by Crippen LogP contribution is 2.24. The molecule has 0 saturated carbocycles. The maximum atomic E-state index is 11.3. The predicted octanol–water partition coefficient (Wildman–Crippen LogP) is 1.20. The number of primary sulfonamides is 1. The van der Waals surface area contributed by atoms with Gasteiger partial charge in [-0.15, -0.1) is 10.2 Å². The Morgan fingerprint density at radius 2 is 1.94 bits per heavy atom. The highest BCUT2D eigenvalue weighted by atomic mass is 79.9. The number of nitrogens with zero attached hydrogens (tertiary/aromatic N) is 3. The topological polar surface area (TPSA) is 90.9 Å². The van der Waals surface area contributed by atoms with Gasteiger partial charge in [-0.25, -0.2) is 13.6 Å². The van der Waals surface area contributed by atoms with E-state index in [1.165, 1.54) is 4.57 Å². The highest BCUT2D eigenvalue weighted by Gasteiger charge is 2.19. The standard InChI is InChI=1S/C10H11BrN4O2S/c1-6-3-7(5-8(11)4-6)9-13-14-10(15(9)2)18(12,16)17/h3-5H,1-2H3,(H2,12,16,17). The van der Waals surface area contributed by atoms with Crippen molar-refractivity contribution in [3.8, 4) is 11.4 Å². The number of rotatable bonds is 2. The van der Waals surface area contributed by atoms with Crippen LogP contribution in [0.5, 0.6) is 0 Å². The Morgan fingerprint density at radius 1 is 1.28 bits per heavy atom. The number of aryl methyl sites for hydroxylation is 1. The van der Waals surface area contributed by atoms with E-state index >= 15 is 0 Å². The molecule has 0 aliphatic heterocycles. The molecule has 0 aliphatic rings. The molecule has 2 rings (SSSR count). The molecule has 1 aromatic heterocycles. The van der Waals surface area contributed by atoms with Crippen LogP contribution in [0.4, 0.5) is 0 Å². The number of benzene rings is 1. The maximum absolute atomic E-state index is 11.3. The lowest BCUT2D eigenvalue weighted by molar-refractivity contribution is 0.580. The third-order valence-corrected chi connectivity index (χ3v) is 3.71. The van der Waals surface area contributed by atoms with E-state index in [2.05, 4.69) is 26.1 Å². The number of nitrogens with two attached hydrogens (primary N) is 1. The van der Waals surface area contributed by atoms with E-state index in [-0.39, 0.29) is 5.16 Å². The van der Waals surface area contributed by atoms with Crippen molar-refractivity contribution in [3.63, 3.8) is 0 Å². The molecule has 1 heterocycles. The Labute approximate surface area is 113 Å². The first-order valence-electron chi connectivity index (χ1n) is 4.99. The van der Waals surface area contributed by atoms with Crippen LogP contribution < -0.4 is 5.14 Å². The van der Waals surface area contributed by atoms with Crippen LogP contribution in [0.25, 0.3) is 11.4 Å². The number of halogens is 1. The number of hydrogen-bond acceptors (Lipinski definition) is 4. The summed E-state index contributed by atoms with van der Waals surface area (Å²) in [5.41, 5.74) is 1.80. The van der Waals surface area contributed by atoms with Gasteiger partial charge >= 0.3 is 0 Å². The molecule has 0 saturated heterocycles. The maximum Gasteiger partial charge on any atom is 0.273 e. The molecule has 6 nitrogen and oxygen atoms in total. The second-order valence-corrected chi connectivity index (χ2v) is 6.30. The molecule has 0 aliphatic carbocycles. The molecule has 2 N–H and O–H groups in total. The summed E-state index contributed by atoms with van der Waals surface area (Å²) in [4.78, 5) is 0. The Bertz CT molecular complexity index is 688. The summed E-state index contributed by atoms with van der Waals surface area (Å²) in [5.74, 6) is 0.448. The van der Waals surface area contributed by atoms with Crippen molar-refractivity contribution in [1.29, 1.82) is 0 Å². The summed E-state index contributed by atoms with van der Waals surface area (Å²) < 4.78 is 24.8. The van der Waals surface area contributed by atoms with E-state index in [4.69, 9.17) is 5.14 Å². The molecule has 2 aromatic rings. The number of aromatic nitrogens is 3. The van der Waals surface area contributed by atoms with Crippen molar-refractivity contribution in [2.24, 2.45) is 12.2 Å². The minimum absolute atomic E-state index is 0.255. The normalized spacial score (nSPS) is 11.8. The summed E-state index contributed by atoms with van der Waals surface area (Å²) in [6, 6.07) is 5.67. The van der Waals surface area contributed by atoms with Crippen LogP contribution in [0.3, 0.4) is 0 Å². The summed E-state index contributed by atoms with van der Waals surface area (Å²) in [7, 11) is -2.30. The molecule has 0 radical (unpaired) electrons. The van der Waals surface area contributed by atoms with Crippen molar-refractivity contribution in [2.75, 3.05) is 0 Å². The van der Waals surface area contributed by atoms with E-state index < -0.39 is 10.0 Å². The first-order chi connectivity index (χ1) is 8.29. The molecule has 96 valence electrons. The van der Waals surface area contributed by atoms with Gasteiger partial charge in [0, 0.05) is 17.1 Å². The van der Waals surface area contributed by atoms with Crippen molar-refractivity contribution in [3.05, 3.63) is 28.2 Å². The van der Waals surface area contributed by atoms with Crippen LogP contribution in [0.2, 0.25) is 0 Å². The fourth-order valence-electron chi connectivity index (χ4n) is 1.68. The van der Waals surface area contributed by atoms with Crippen LogP contribution in [0.1, 0.15) is 5.56 Å². The first kappa shape index (κ1) is 13.2. The van der Waals surface area contributed by atoms with Crippen molar-refractivity contribution >= 4 is 26.0 Å². The second-order valence-electron chi connectivity index (χ2n) is 3.93.